The zero-order valence-corrected chi connectivity index (χ0v) is 14.8. The van der Waals surface area contributed by atoms with Crippen molar-refractivity contribution in [2.75, 3.05) is 17.2 Å². The maximum Gasteiger partial charge on any atom is 0.319 e. The van der Waals surface area contributed by atoms with Crippen LogP contribution in [0.15, 0.2) is 24.3 Å². The molecule has 0 heterocycles. The highest BCUT2D eigenvalue weighted by Gasteiger charge is 2.14. The third-order valence-corrected chi connectivity index (χ3v) is 2.84. The van der Waals surface area contributed by atoms with E-state index < -0.39 is 6.03 Å². The minimum absolute atomic E-state index is 0.101. The summed E-state index contributed by atoms with van der Waals surface area (Å²) in [5, 5.41) is 10.6. The monoisotopic (exact) mass is 334 g/mol. The second-order valence-corrected chi connectivity index (χ2v) is 6.83. The Hall–Kier alpha value is -2.57. The molecule has 0 aromatic heterocycles. The largest absolute Gasteiger partial charge is 0.350 e. The van der Waals surface area contributed by atoms with Gasteiger partial charge in [-0.15, -0.1) is 0 Å². The molecule has 4 N–H and O–H groups in total. The lowest BCUT2D eigenvalue weighted by Gasteiger charge is -2.20. The van der Waals surface area contributed by atoms with Crippen LogP contribution < -0.4 is 21.3 Å². The molecule has 0 saturated carbocycles. The van der Waals surface area contributed by atoms with E-state index in [1.165, 1.54) is 0 Å². The van der Waals surface area contributed by atoms with E-state index in [0.29, 0.717) is 11.4 Å². The Bertz CT molecular complexity index is 606. The molecule has 24 heavy (non-hydrogen) atoms. The van der Waals surface area contributed by atoms with E-state index in [0.717, 1.165) is 0 Å². The Labute approximate surface area is 142 Å². The first-order valence-electron chi connectivity index (χ1n) is 7.83. The van der Waals surface area contributed by atoms with Gasteiger partial charge in [0, 0.05) is 22.8 Å². The number of anilines is 2. The van der Waals surface area contributed by atoms with Crippen LogP contribution in [-0.2, 0) is 9.59 Å². The normalized spacial score (nSPS) is 10.9. The SMILES string of the molecule is CC(C)C(=O)Nc1cccc(NC(=O)NCC(=O)NC(C)(C)C)c1. The molecule has 0 aliphatic carbocycles. The number of hydrogen-bond acceptors (Lipinski definition) is 3. The lowest BCUT2D eigenvalue weighted by atomic mass is 10.1. The lowest BCUT2D eigenvalue weighted by molar-refractivity contribution is -0.121. The predicted molar refractivity (Wildman–Crippen MR) is 94.8 cm³/mol. The zero-order valence-electron chi connectivity index (χ0n) is 14.8. The van der Waals surface area contributed by atoms with Crippen molar-refractivity contribution in [2.24, 2.45) is 5.92 Å². The molecule has 0 unspecified atom stereocenters. The molecule has 0 bridgehead atoms. The van der Waals surface area contributed by atoms with Crippen molar-refractivity contribution >= 4 is 29.2 Å². The van der Waals surface area contributed by atoms with Crippen LogP contribution in [0.3, 0.4) is 0 Å². The third kappa shape index (κ3) is 7.62. The summed E-state index contributed by atoms with van der Waals surface area (Å²) in [6, 6.07) is 6.30. The van der Waals surface area contributed by atoms with Crippen LogP contribution in [0.25, 0.3) is 0 Å². The van der Waals surface area contributed by atoms with Crippen LogP contribution >= 0.6 is 0 Å². The zero-order chi connectivity index (χ0) is 18.3. The van der Waals surface area contributed by atoms with Gasteiger partial charge in [0.25, 0.3) is 0 Å². The fraction of sp³-hybridized carbons (Fsp3) is 0.471. The van der Waals surface area contributed by atoms with E-state index in [4.69, 9.17) is 0 Å². The van der Waals surface area contributed by atoms with Crippen molar-refractivity contribution in [1.29, 1.82) is 0 Å². The average Bonchev–Trinajstić information content (AvgIpc) is 2.43. The van der Waals surface area contributed by atoms with Gasteiger partial charge in [0.15, 0.2) is 0 Å². The Morgan fingerprint density at radius 2 is 1.62 bits per heavy atom. The molecule has 7 nitrogen and oxygen atoms in total. The van der Waals surface area contributed by atoms with E-state index in [9.17, 15) is 14.4 Å². The summed E-state index contributed by atoms with van der Waals surface area (Å²) in [4.78, 5) is 35.2. The molecule has 0 radical (unpaired) electrons. The molecule has 1 rings (SSSR count). The quantitative estimate of drug-likeness (QED) is 0.665. The van der Waals surface area contributed by atoms with Gasteiger partial charge in [-0.25, -0.2) is 4.79 Å². The van der Waals surface area contributed by atoms with Gasteiger partial charge < -0.3 is 21.3 Å². The number of nitrogens with one attached hydrogen (secondary N) is 4. The Balaban J connectivity index is 2.52. The second kappa shape index (κ2) is 8.33. The van der Waals surface area contributed by atoms with Gasteiger partial charge in [-0.05, 0) is 39.0 Å². The molecule has 132 valence electrons. The molecule has 0 saturated heterocycles. The predicted octanol–water partition coefficient (Wildman–Crippen LogP) is 2.32. The van der Waals surface area contributed by atoms with Crippen molar-refractivity contribution < 1.29 is 14.4 Å². The molecular weight excluding hydrogens is 308 g/mol. The summed E-state index contributed by atoms with van der Waals surface area (Å²) in [7, 11) is 0. The average molecular weight is 334 g/mol. The topological polar surface area (TPSA) is 99.3 Å². The Morgan fingerprint density at radius 3 is 2.17 bits per heavy atom. The highest BCUT2D eigenvalue weighted by Crippen LogP contribution is 2.15. The number of carbonyl (C=O) groups excluding carboxylic acids is 3. The molecular formula is C17H26N4O3. The van der Waals surface area contributed by atoms with Crippen LogP contribution in [0.1, 0.15) is 34.6 Å². The molecule has 1 aromatic carbocycles. The molecule has 0 fully saturated rings. The first kappa shape index (κ1) is 19.5. The maximum absolute atomic E-state index is 11.8. The van der Waals surface area contributed by atoms with Gasteiger partial charge in [0.2, 0.25) is 11.8 Å². The smallest absolute Gasteiger partial charge is 0.319 e. The highest BCUT2D eigenvalue weighted by atomic mass is 16.2. The van der Waals surface area contributed by atoms with Crippen LogP contribution in [0.4, 0.5) is 16.2 Å². The number of amides is 4. The van der Waals surface area contributed by atoms with Crippen molar-refractivity contribution in [1.82, 2.24) is 10.6 Å². The molecule has 0 spiro atoms. The van der Waals surface area contributed by atoms with E-state index in [2.05, 4.69) is 21.3 Å². The summed E-state index contributed by atoms with van der Waals surface area (Å²) in [5.41, 5.74) is 0.764. The molecule has 0 aliphatic heterocycles. The lowest BCUT2D eigenvalue weighted by Crippen LogP contribution is -2.46. The standard InChI is InChI=1S/C17H26N4O3/c1-11(2)15(23)19-12-7-6-8-13(9-12)20-16(24)18-10-14(22)21-17(3,4)5/h6-9,11H,10H2,1-5H3,(H,19,23)(H,21,22)(H2,18,20,24). The van der Waals surface area contributed by atoms with Gasteiger partial charge in [0.1, 0.15) is 0 Å². The number of urea groups is 1. The maximum atomic E-state index is 11.8. The van der Waals surface area contributed by atoms with E-state index in [1.807, 2.05) is 20.8 Å². The molecule has 0 aliphatic rings. The number of carbonyl (C=O) groups is 3. The summed E-state index contributed by atoms with van der Waals surface area (Å²) in [6.45, 7) is 9.07. The number of rotatable bonds is 5. The van der Waals surface area contributed by atoms with Crippen molar-refractivity contribution in [3.8, 4) is 0 Å². The van der Waals surface area contributed by atoms with Gasteiger partial charge >= 0.3 is 6.03 Å². The van der Waals surface area contributed by atoms with Crippen LogP contribution in [0.2, 0.25) is 0 Å². The molecule has 7 heteroatoms. The minimum Gasteiger partial charge on any atom is -0.350 e. The Kier molecular flexibility index (Phi) is 6.76. The van der Waals surface area contributed by atoms with Crippen molar-refractivity contribution in [2.45, 2.75) is 40.2 Å². The minimum atomic E-state index is -0.494. The van der Waals surface area contributed by atoms with Gasteiger partial charge in [-0.1, -0.05) is 19.9 Å². The molecule has 1 aromatic rings. The summed E-state index contributed by atoms with van der Waals surface area (Å²) >= 11 is 0. The van der Waals surface area contributed by atoms with E-state index in [-0.39, 0.29) is 29.8 Å². The first-order chi connectivity index (χ1) is 11.1. The van der Waals surface area contributed by atoms with Gasteiger partial charge in [-0.2, -0.15) is 0 Å². The first-order valence-corrected chi connectivity index (χ1v) is 7.83. The summed E-state index contributed by atoms with van der Waals surface area (Å²) < 4.78 is 0. The highest BCUT2D eigenvalue weighted by molar-refractivity contribution is 5.95. The second-order valence-electron chi connectivity index (χ2n) is 6.83. The molecule has 4 amide bonds. The van der Waals surface area contributed by atoms with Crippen molar-refractivity contribution in [3.05, 3.63) is 24.3 Å². The summed E-state index contributed by atoms with van der Waals surface area (Å²) in [5.74, 6) is -0.503. The van der Waals surface area contributed by atoms with Crippen LogP contribution in [-0.4, -0.2) is 29.9 Å². The fourth-order valence-corrected chi connectivity index (χ4v) is 1.76. The Morgan fingerprint density at radius 1 is 1.04 bits per heavy atom. The number of hydrogen-bond donors (Lipinski definition) is 4. The van der Waals surface area contributed by atoms with Gasteiger partial charge in [0.05, 0.1) is 6.54 Å². The van der Waals surface area contributed by atoms with Crippen LogP contribution in [0.5, 0.6) is 0 Å². The number of benzene rings is 1. The van der Waals surface area contributed by atoms with E-state index in [1.54, 1.807) is 38.1 Å². The van der Waals surface area contributed by atoms with Crippen molar-refractivity contribution in [3.63, 3.8) is 0 Å². The fourth-order valence-electron chi connectivity index (χ4n) is 1.76. The molecule has 0 atom stereocenters. The van der Waals surface area contributed by atoms with Crippen LogP contribution in [0, 0.1) is 5.92 Å². The summed E-state index contributed by atoms with van der Waals surface area (Å²) in [6.07, 6.45) is 0. The third-order valence-electron chi connectivity index (χ3n) is 2.84. The van der Waals surface area contributed by atoms with E-state index >= 15 is 0 Å². The van der Waals surface area contributed by atoms with Gasteiger partial charge in [-0.3, -0.25) is 9.59 Å².